The first-order valence-corrected chi connectivity index (χ1v) is 11.9. The third-order valence-corrected chi connectivity index (χ3v) is 7.94. The van der Waals surface area contributed by atoms with E-state index in [0.29, 0.717) is 12.5 Å². The molecule has 0 saturated carbocycles. The molecule has 2 saturated heterocycles. The van der Waals surface area contributed by atoms with Gasteiger partial charge in [-0.1, -0.05) is 60.3 Å². The summed E-state index contributed by atoms with van der Waals surface area (Å²) in [4.78, 5) is 26.4. The minimum absolute atomic E-state index is 0.100. The lowest BCUT2D eigenvalue weighted by atomic mass is 9.92. The summed E-state index contributed by atoms with van der Waals surface area (Å²) in [5.74, 6) is 1.50. The Morgan fingerprint density at radius 1 is 0.967 bits per heavy atom. The van der Waals surface area contributed by atoms with E-state index in [-0.39, 0.29) is 29.2 Å². The summed E-state index contributed by atoms with van der Waals surface area (Å²) in [6.45, 7) is 2.01. The highest BCUT2D eigenvalue weighted by Gasteiger charge is 2.44. The predicted octanol–water partition coefficient (Wildman–Crippen LogP) is 5.46. The molecule has 0 aromatic heterocycles. The van der Waals surface area contributed by atoms with Crippen LogP contribution in [0.15, 0.2) is 48.5 Å². The van der Waals surface area contributed by atoms with Gasteiger partial charge in [-0.2, -0.15) is 0 Å². The van der Waals surface area contributed by atoms with Crippen molar-refractivity contribution in [3.05, 3.63) is 59.7 Å². The van der Waals surface area contributed by atoms with Crippen LogP contribution in [0.2, 0.25) is 0 Å². The van der Waals surface area contributed by atoms with E-state index in [4.69, 9.17) is 4.74 Å². The first-order valence-electron chi connectivity index (χ1n) is 10.9. The smallest absolute Gasteiger partial charge is 0.410 e. The zero-order valence-corrected chi connectivity index (χ0v) is 18.1. The van der Waals surface area contributed by atoms with Crippen molar-refractivity contribution in [2.24, 2.45) is 5.92 Å². The molecule has 2 bridgehead atoms. The van der Waals surface area contributed by atoms with Crippen molar-refractivity contribution in [2.45, 2.75) is 50.6 Å². The first-order chi connectivity index (χ1) is 14.6. The zero-order valence-electron chi connectivity index (χ0n) is 17.3. The fraction of sp³-hybridized carbons (Fsp3) is 0.440. The fourth-order valence-electron chi connectivity index (χ4n) is 5.63. The number of ether oxygens (including phenoxy) is 1. The van der Waals surface area contributed by atoms with Crippen molar-refractivity contribution in [2.75, 3.05) is 12.4 Å². The maximum atomic E-state index is 13.1. The van der Waals surface area contributed by atoms with E-state index in [1.165, 1.54) is 34.0 Å². The monoisotopic (exact) mass is 421 g/mol. The van der Waals surface area contributed by atoms with Crippen LogP contribution in [-0.4, -0.2) is 40.6 Å². The van der Waals surface area contributed by atoms with Crippen LogP contribution >= 0.6 is 11.8 Å². The number of fused-ring (bicyclic) bond motifs is 5. The highest BCUT2D eigenvalue weighted by atomic mass is 32.2. The molecule has 0 spiro atoms. The topological polar surface area (TPSA) is 46.6 Å². The second-order valence-electron chi connectivity index (χ2n) is 8.74. The molecule has 5 rings (SSSR count). The molecule has 5 heteroatoms. The standard InChI is InChI=1S/C25H27NO3S/c1-16(27)30-15-17-12-18-10-11-19(13-17)26(18)25(28)29-14-24-22-8-4-2-6-20(22)21-7-3-5-9-23(21)24/h2-9,17-19,24H,10-15H2,1H3. The van der Waals surface area contributed by atoms with Gasteiger partial charge < -0.3 is 9.64 Å². The second-order valence-corrected chi connectivity index (χ2v) is 9.93. The van der Waals surface area contributed by atoms with Crippen molar-refractivity contribution in [3.8, 4) is 11.1 Å². The summed E-state index contributed by atoms with van der Waals surface area (Å²) in [5.41, 5.74) is 4.99. The Hall–Kier alpha value is -2.27. The lowest BCUT2D eigenvalue weighted by molar-refractivity contribution is -0.109. The van der Waals surface area contributed by atoms with Gasteiger partial charge in [0.25, 0.3) is 0 Å². The SMILES string of the molecule is CC(=O)SCC1CC2CCC(C1)N2C(=O)OCC1c2ccccc2-c2ccccc21. The van der Waals surface area contributed by atoms with Gasteiger partial charge in [-0.05, 0) is 53.9 Å². The van der Waals surface area contributed by atoms with E-state index in [9.17, 15) is 9.59 Å². The van der Waals surface area contributed by atoms with E-state index in [1.807, 2.05) is 4.90 Å². The number of nitrogens with zero attached hydrogens (tertiary/aromatic N) is 1. The normalized spacial score (nSPS) is 24.4. The van der Waals surface area contributed by atoms with Gasteiger partial charge in [0.05, 0.1) is 0 Å². The highest BCUT2D eigenvalue weighted by Crippen LogP contribution is 2.45. The third-order valence-electron chi connectivity index (χ3n) is 6.90. The lowest BCUT2D eigenvalue weighted by Crippen LogP contribution is -2.47. The molecular weight excluding hydrogens is 394 g/mol. The van der Waals surface area contributed by atoms with Crippen LogP contribution in [0.5, 0.6) is 0 Å². The van der Waals surface area contributed by atoms with E-state index < -0.39 is 0 Å². The van der Waals surface area contributed by atoms with Gasteiger partial charge in [0.1, 0.15) is 6.61 Å². The van der Waals surface area contributed by atoms with Gasteiger partial charge in [-0.15, -0.1) is 0 Å². The summed E-state index contributed by atoms with van der Waals surface area (Å²) in [6, 6.07) is 17.4. The van der Waals surface area contributed by atoms with Crippen molar-refractivity contribution in [1.82, 2.24) is 4.90 Å². The number of carbonyl (C=O) groups excluding carboxylic acids is 2. The summed E-state index contributed by atoms with van der Waals surface area (Å²) in [5, 5.41) is 0.182. The second kappa shape index (κ2) is 8.10. The van der Waals surface area contributed by atoms with Crippen LogP contribution < -0.4 is 0 Å². The van der Waals surface area contributed by atoms with Gasteiger partial charge in [-0.25, -0.2) is 4.79 Å². The number of hydrogen-bond donors (Lipinski definition) is 0. The molecule has 156 valence electrons. The zero-order chi connectivity index (χ0) is 20.7. The Bertz CT molecular complexity index is 915. The van der Waals surface area contributed by atoms with Crippen molar-refractivity contribution in [1.29, 1.82) is 0 Å². The van der Waals surface area contributed by atoms with E-state index in [1.54, 1.807) is 6.92 Å². The van der Waals surface area contributed by atoms with Gasteiger partial charge in [0.15, 0.2) is 5.12 Å². The first kappa shape index (κ1) is 19.7. The molecule has 2 aromatic carbocycles. The van der Waals surface area contributed by atoms with Crippen molar-refractivity contribution >= 4 is 23.0 Å². The Balaban J connectivity index is 1.26. The molecule has 2 aromatic rings. The van der Waals surface area contributed by atoms with Gasteiger partial charge >= 0.3 is 6.09 Å². The Morgan fingerprint density at radius 3 is 2.10 bits per heavy atom. The van der Waals surface area contributed by atoms with Crippen LogP contribution in [-0.2, 0) is 9.53 Å². The van der Waals surface area contributed by atoms with Gasteiger partial charge in [-0.3, -0.25) is 4.79 Å². The molecule has 0 N–H and O–H groups in total. The highest BCUT2D eigenvalue weighted by molar-refractivity contribution is 8.13. The fourth-order valence-corrected chi connectivity index (χ4v) is 6.37. The van der Waals surface area contributed by atoms with Crippen molar-refractivity contribution in [3.63, 3.8) is 0 Å². The number of amides is 1. The minimum atomic E-state index is -0.165. The maximum absolute atomic E-state index is 13.1. The van der Waals surface area contributed by atoms with Crippen LogP contribution in [0.3, 0.4) is 0 Å². The maximum Gasteiger partial charge on any atom is 0.410 e. The molecule has 30 heavy (non-hydrogen) atoms. The largest absolute Gasteiger partial charge is 0.448 e. The molecule has 2 aliphatic heterocycles. The Kier molecular flexibility index (Phi) is 5.32. The quantitative estimate of drug-likeness (QED) is 0.658. The predicted molar refractivity (Wildman–Crippen MR) is 120 cm³/mol. The molecule has 1 amide bonds. The molecule has 2 fully saturated rings. The van der Waals surface area contributed by atoms with Crippen molar-refractivity contribution < 1.29 is 14.3 Å². The van der Waals surface area contributed by atoms with Crippen LogP contribution in [0.4, 0.5) is 4.79 Å². The molecule has 3 aliphatic rings. The summed E-state index contributed by atoms with van der Waals surface area (Å²) < 4.78 is 5.92. The summed E-state index contributed by atoms with van der Waals surface area (Å²) in [7, 11) is 0. The Morgan fingerprint density at radius 2 is 1.53 bits per heavy atom. The van der Waals surface area contributed by atoms with E-state index in [2.05, 4.69) is 48.5 Å². The number of thioether (sulfide) groups is 1. The van der Waals surface area contributed by atoms with E-state index >= 15 is 0 Å². The third kappa shape index (κ3) is 3.53. The Labute approximate surface area is 182 Å². The van der Waals surface area contributed by atoms with Crippen LogP contribution in [0.25, 0.3) is 11.1 Å². The number of piperidine rings is 1. The summed E-state index contributed by atoms with van der Waals surface area (Å²) >= 11 is 1.42. The number of hydrogen-bond acceptors (Lipinski definition) is 4. The summed E-state index contributed by atoms with van der Waals surface area (Å²) in [6.07, 6.45) is 3.91. The molecule has 2 unspecified atom stereocenters. The number of carbonyl (C=O) groups is 2. The minimum Gasteiger partial charge on any atom is -0.448 e. The lowest BCUT2D eigenvalue weighted by Gasteiger charge is -2.38. The average molecular weight is 422 g/mol. The molecule has 2 heterocycles. The average Bonchev–Trinajstić information content (AvgIpc) is 3.22. The van der Waals surface area contributed by atoms with Crippen LogP contribution in [0.1, 0.15) is 49.7 Å². The number of rotatable bonds is 4. The van der Waals surface area contributed by atoms with Gasteiger partial charge in [0, 0.05) is 30.7 Å². The molecule has 0 radical (unpaired) electrons. The van der Waals surface area contributed by atoms with Gasteiger partial charge in [0.2, 0.25) is 0 Å². The molecule has 2 atom stereocenters. The van der Waals surface area contributed by atoms with Crippen LogP contribution in [0, 0.1) is 5.92 Å². The van der Waals surface area contributed by atoms with E-state index in [0.717, 1.165) is 31.4 Å². The molecule has 1 aliphatic carbocycles. The molecular formula is C25H27NO3S. The number of benzene rings is 2. The molecule has 4 nitrogen and oxygen atoms in total.